The van der Waals surface area contributed by atoms with Crippen molar-refractivity contribution in [2.24, 2.45) is 0 Å². The Kier molecular flexibility index (Phi) is 7.73. The molecule has 0 aliphatic carbocycles. The molecule has 0 bridgehead atoms. The molecule has 1 heterocycles. The van der Waals surface area contributed by atoms with E-state index in [1.54, 1.807) is 18.2 Å². The zero-order chi connectivity index (χ0) is 22.4. The maximum absolute atomic E-state index is 13.5. The molecule has 1 saturated heterocycles. The van der Waals surface area contributed by atoms with Gasteiger partial charge in [-0.15, -0.1) is 0 Å². The number of carbonyl (C=O) groups is 1. The Bertz CT molecular complexity index is 992. The summed E-state index contributed by atoms with van der Waals surface area (Å²) in [6.45, 7) is 7.36. The highest BCUT2D eigenvalue weighted by atomic mass is 32.2. The summed E-state index contributed by atoms with van der Waals surface area (Å²) < 4.78 is 25.9. The molecule has 6 nitrogen and oxygen atoms in total. The van der Waals surface area contributed by atoms with Crippen molar-refractivity contribution >= 4 is 21.6 Å². The number of hydrogen-bond acceptors (Lipinski definition) is 4. The van der Waals surface area contributed by atoms with E-state index in [1.165, 1.54) is 5.56 Å². The number of rotatable bonds is 8. The molecule has 1 aliphatic rings. The summed E-state index contributed by atoms with van der Waals surface area (Å²) in [5.41, 5.74) is 3.05. The number of benzene rings is 2. The van der Waals surface area contributed by atoms with Crippen LogP contribution in [0.1, 0.15) is 47.7 Å². The third-order valence-electron chi connectivity index (χ3n) is 5.68. The molecule has 0 radical (unpaired) electrons. The molecule has 2 aromatic rings. The summed E-state index contributed by atoms with van der Waals surface area (Å²) in [5, 5.41) is 0. The molecule has 1 atom stereocenters. The van der Waals surface area contributed by atoms with E-state index < -0.39 is 10.0 Å². The van der Waals surface area contributed by atoms with Crippen LogP contribution in [0, 0.1) is 6.92 Å². The molecular formula is C24H33N3O3S. The average molecular weight is 444 g/mol. The predicted octanol–water partition coefficient (Wildman–Crippen LogP) is 3.88. The molecule has 1 amide bonds. The molecule has 1 N–H and O–H groups in total. The summed E-state index contributed by atoms with van der Waals surface area (Å²) in [7, 11) is -3.41. The second kappa shape index (κ2) is 10.3. The summed E-state index contributed by atoms with van der Waals surface area (Å²) in [6.07, 6.45) is 4.03. The highest BCUT2D eigenvalue weighted by molar-refractivity contribution is 7.92. The molecule has 0 spiro atoms. The van der Waals surface area contributed by atoms with Crippen molar-refractivity contribution in [3.05, 3.63) is 65.2 Å². The summed E-state index contributed by atoms with van der Waals surface area (Å²) in [6, 6.07) is 15.8. The van der Waals surface area contributed by atoms with Crippen molar-refractivity contribution in [2.45, 2.75) is 45.7 Å². The van der Waals surface area contributed by atoms with Gasteiger partial charge in [-0.2, -0.15) is 0 Å². The minimum atomic E-state index is -3.41. The van der Waals surface area contributed by atoms with Crippen molar-refractivity contribution in [1.82, 2.24) is 9.80 Å². The molecular weight excluding hydrogens is 410 g/mol. The van der Waals surface area contributed by atoms with Gasteiger partial charge in [0.2, 0.25) is 10.0 Å². The van der Waals surface area contributed by atoms with E-state index in [2.05, 4.69) is 40.8 Å². The van der Waals surface area contributed by atoms with E-state index in [-0.39, 0.29) is 11.9 Å². The number of carbonyl (C=O) groups excluding carboxylic acids is 1. The standard InChI is InChI=1S/C24H33N3O3S/c1-4-14-27(22-11-8-15-26(18-22)17-20-9-6-5-7-10-20)24(28)21-13-12-19(2)23(16-21)25-31(3,29)30/h5-7,9-10,12-13,16,22,25H,4,8,11,14-15,17-18H2,1-3H3. The van der Waals surface area contributed by atoms with E-state index >= 15 is 0 Å². The highest BCUT2D eigenvalue weighted by Gasteiger charge is 2.29. The fourth-order valence-corrected chi connectivity index (χ4v) is 4.81. The summed E-state index contributed by atoms with van der Waals surface area (Å²) >= 11 is 0. The SMILES string of the molecule is CCCN(C(=O)c1ccc(C)c(NS(C)(=O)=O)c1)C1CCCN(Cc2ccccc2)C1. The normalized spacial score (nSPS) is 17.3. The van der Waals surface area contributed by atoms with Crippen molar-refractivity contribution in [1.29, 1.82) is 0 Å². The minimum absolute atomic E-state index is 0.0371. The van der Waals surface area contributed by atoms with Crippen LogP contribution in [0.4, 0.5) is 5.69 Å². The number of aryl methyl sites for hydroxylation is 1. The molecule has 3 rings (SSSR count). The van der Waals surface area contributed by atoms with Crippen LogP contribution in [-0.2, 0) is 16.6 Å². The van der Waals surface area contributed by atoms with Gasteiger partial charge in [-0.25, -0.2) is 8.42 Å². The largest absolute Gasteiger partial charge is 0.334 e. The fraction of sp³-hybridized carbons (Fsp3) is 0.458. The van der Waals surface area contributed by atoms with Gasteiger partial charge in [0.1, 0.15) is 0 Å². The van der Waals surface area contributed by atoms with E-state index in [0.717, 1.165) is 50.7 Å². The van der Waals surface area contributed by atoms with Crippen LogP contribution < -0.4 is 4.72 Å². The molecule has 31 heavy (non-hydrogen) atoms. The molecule has 2 aromatic carbocycles. The Balaban J connectivity index is 1.77. The number of piperidine rings is 1. The molecule has 1 fully saturated rings. The Hall–Kier alpha value is -2.38. The predicted molar refractivity (Wildman–Crippen MR) is 126 cm³/mol. The lowest BCUT2D eigenvalue weighted by atomic mass is 10.0. The Morgan fingerprint density at radius 3 is 2.61 bits per heavy atom. The van der Waals surface area contributed by atoms with Crippen LogP contribution in [-0.4, -0.2) is 56.1 Å². The van der Waals surface area contributed by atoms with E-state index in [0.29, 0.717) is 17.8 Å². The van der Waals surface area contributed by atoms with Gasteiger partial charge in [-0.1, -0.05) is 43.3 Å². The van der Waals surface area contributed by atoms with Gasteiger partial charge in [-0.3, -0.25) is 14.4 Å². The third-order valence-corrected chi connectivity index (χ3v) is 6.27. The zero-order valence-corrected chi connectivity index (χ0v) is 19.5. The van der Waals surface area contributed by atoms with Crippen molar-refractivity contribution in [3.63, 3.8) is 0 Å². The second-order valence-electron chi connectivity index (χ2n) is 8.42. The van der Waals surface area contributed by atoms with Gasteiger partial charge in [0.25, 0.3) is 5.91 Å². The van der Waals surface area contributed by atoms with Gasteiger partial charge in [0.05, 0.1) is 11.9 Å². The first-order chi connectivity index (χ1) is 14.8. The van der Waals surface area contributed by atoms with E-state index in [4.69, 9.17) is 0 Å². The van der Waals surface area contributed by atoms with Gasteiger partial charge < -0.3 is 4.90 Å². The van der Waals surface area contributed by atoms with Gasteiger partial charge in [0, 0.05) is 31.2 Å². The number of nitrogens with zero attached hydrogens (tertiary/aromatic N) is 2. The van der Waals surface area contributed by atoms with Crippen LogP contribution in [0.2, 0.25) is 0 Å². The van der Waals surface area contributed by atoms with Crippen LogP contribution >= 0.6 is 0 Å². The molecule has 0 saturated carbocycles. The van der Waals surface area contributed by atoms with Crippen molar-refractivity contribution in [3.8, 4) is 0 Å². The van der Waals surface area contributed by atoms with Gasteiger partial charge >= 0.3 is 0 Å². The van der Waals surface area contributed by atoms with E-state index in [1.807, 2.05) is 17.9 Å². The summed E-state index contributed by atoms with van der Waals surface area (Å²) in [5.74, 6) is -0.0371. The molecule has 1 unspecified atom stereocenters. The lowest BCUT2D eigenvalue weighted by molar-refractivity contribution is 0.0534. The first-order valence-corrected chi connectivity index (χ1v) is 12.8. The minimum Gasteiger partial charge on any atom is -0.334 e. The number of anilines is 1. The van der Waals surface area contributed by atoms with Crippen LogP contribution in [0.25, 0.3) is 0 Å². The molecule has 7 heteroatoms. The third kappa shape index (κ3) is 6.55. The second-order valence-corrected chi connectivity index (χ2v) is 10.2. The number of hydrogen-bond donors (Lipinski definition) is 1. The lowest BCUT2D eigenvalue weighted by Crippen LogP contribution is -2.50. The Morgan fingerprint density at radius 1 is 1.19 bits per heavy atom. The number of likely N-dealkylation sites (tertiary alicyclic amines) is 1. The highest BCUT2D eigenvalue weighted by Crippen LogP contribution is 2.23. The molecule has 168 valence electrons. The Labute approximate surface area is 186 Å². The van der Waals surface area contributed by atoms with Crippen molar-refractivity contribution < 1.29 is 13.2 Å². The van der Waals surface area contributed by atoms with Gasteiger partial charge in [-0.05, 0) is 56.0 Å². The lowest BCUT2D eigenvalue weighted by Gasteiger charge is -2.39. The first-order valence-electron chi connectivity index (χ1n) is 10.9. The number of amides is 1. The fourth-order valence-electron chi connectivity index (χ4n) is 4.19. The zero-order valence-electron chi connectivity index (χ0n) is 18.7. The smallest absolute Gasteiger partial charge is 0.254 e. The topological polar surface area (TPSA) is 69.7 Å². The maximum Gasteiger partial charge on any atom is 0.254 e. The van der Waals surface area contributed by atoms with Crippen LogP contribution in [0.3, 0.4) is 0 Å². The van der Waals surface area contributed by atoms with Crippen LogP contribution in [0.15, 0.2) is 48.5 Å². The van der Waals surface area contributed by atoms with Gasteiger partial charge in [0.15, 0.2) is 0 Å². The monoisotopic (exact) mass is 443 g/mol. The van der Waals surface area contributed by atoms with Crippen LogP contribution in [0.5, 0.6) is 0 Å². The number of sulfonamides is 1. The Morgan fingerprint density at radius 2 is 1.94 bits per heavy atom. The van der Waals surface area contributed by atoms with Crippen molar-refractivity contribution in [2.75, 3.05) is 30.6 Å². The first kappa shape index (κ1) is 23.3. The number of nitrogens with one attached hydrogen (secondary N) is 1. The van der Waals surface area contributed by atoms with E-state index in [9.17, 15) is 13.2 Å². The molecule has 0 aromatic heterocycles. The quantitative estimate of drug-likeness (QED) is 0.672. The summed E-state index contributed by atoms with van der Waals surface area (Å²) in [4.78, 5) is 17.9. The molecule has 1 aliphatic heterocycles. The maximum atomic E-state index is 13.5. The average Bonchev–Trinajstić information content (AvgIpc) is 2.73.